The van der Waals surface area contributed by atoms with Crippen LogP contribution in [0.25, 0.3) is 0 Å². The molecule has 3 amide bonds. The number of ether oxygens (including phenoxy) is 2. The normalized spacial score (nSPS) is 9.96. The number of amides is 3. The topological polar surface area (TPSA) is 133 Å². The minimum Gasteiger partial charge on any atom is -0.496 e. The van der Waals surface area contributed by atoms with Gasteiger partial charge in [0.2, 0.25) is 0 Å². The maximum Gasteiger partial charge on any atom is 0.321 e. The van der Waals surface area contributed by atoms with Gasteiger partial charge in [-0.1, -0.05) is 0 Å². The van der Waals surface area contributed by atoms with Crippen molar-refractivity contribution < 1.29 is 28.4 Å². The second kappa shape index (κ2) is 8.34. The van der Waals surface area contributed by atoms with Crippen LogP contribution >= 0.6 is 0 Å². The molecule has 0 radical (unpaired) electrons. The smallest absolute Gasteiger partial charge is 0.321 e. The van der Waals surface area contributed by atoms with Gasteiger partial charge < -0.3 is 19.2 Å². The summed E-state index contributed by atoms with van der Waals surface area (Å²) in [5.41, 5.74) is -0.352. The average molecular weight is 349 g/mol. The van der Waals surface area contributed by atoms with Gasteiger partial charge in [0.15, 0.2) is 12.4 Å². The molecule has 10 heteroatoms. The van der Waals surface area contributed by atoms with Crippen molar-refractivity contribution in [3.8, 4) is 11.5 Å². The third kappa shape index (κ3) is 5.23. The quantitative estimate of drug-likeness (QED) is 0.573. The van der Waals surface area contributed by atoms with Gasteiger partial charge in [-0.15, -0.1) is 0 Å². The van der Waals surface area contributed by atoms with Gasteiger partial charge in [0.1, 0.15) is 11.5 Å². The first-order chi connectivity index (χ1) is 12.0. The van der Waals surface area contributed by atoms with Crippen LogP contribution in [0.2, 0.25) is 0 Å². The lowest BCUT2D eigenvalue weighted by molar-refractivity contribution is -0.385. The molecule has 0 fully saturated rings. The molecule has 25 heavy (non-hydrogen) atoms. The fraction of sp³-hybridized carbons (Fsp3) is 0.200. The Balaban J connectivity index is 1.85. The van der Waals surface area contributed by atoms with Crippen LogP contribution in [-0.4, -0.2) is 30.6 Å². The molecule has 0 aliphatic carbocycles. The predicted molar refractivity (Wildman–Crippen MR) is 84.2 cm³/mol. The van der Waals surface area contributed by atoms with Gasteiger partial charge in [-0.25, -0.2) is 4.79 Å². The van der Waals surface area contributed by atoms with Crippen LogP contribution in [0.1, 0.15) is 5.76 Å². The summed E-state index contributed by atoms with van der Waals surface area (Å²) in [7, 11) is 1.37. The van der Waals surface area contributed by atoms with Crippen molar-refractivity contribution in [3.05, 3.63) is 52.5 Å². The lowest BCUT2D eigenvalue weighted by atomic mass is 10.3. The Morgan fingerprint density at radius 3 is 2.76 bits per heavy atom. The summed E-state index contributed by atoms with van der Waals surface area (Å²) < 4.78 is 15.0. The molecule has 2 N–H and O–H groups in total. The number of nitro groups is 1. The Morgan fingerprint density at radius 2 is 2.12 bits per heavy atom. The highest BCUT2D eigenvalue weighted by molar-refractivity contribution is 5.95. The average Bonchev–Trinajstić information content (AvgIpc) is 3.11. The van der Waals surface area contributed by atoms with E-state index in [2.05, 4.69) is 5.32 Å². The van der Waals surface area contributed by atoms with Crippen molar-refractivity contribution >= 4 is 17.6 Å². The van der Waals surface area contributed by atoms with E-state index in [1.807, 2.05) is 5.32 Å². The van der Waals surface area contributed by atoms with Gasteiger partial charge in [-0.2, -0.15) is 0 Å². The van der Waals surface area contributed by atoms with Gasteiger partial charge in [0.05, 0.1) is 30.9 Å². The third-order valence-electron chi connectivity index (χ3n) is 2.98. The summed E-state index contributed by atoms with van der Waals surface area (Å²) in [5, 5.41) is 15.5. The van der Waals surface area contributed by atoms with Gasteiger partial charge in [0.25, 0.3) is 5.91 Å². The molecule has 0 bridgehead atoms. The lowest BCUT2D eigenvalue weighted by Gasteiger charge is -2.08. The Hall–Kier alpha value is -3.56. The van der Waals surface area contributed by atoms with E-state index in [0.29, 0.717) is 5.76 Å². The van der Waals surface area contributed by atoms with Crippen molar-refractivity contribution in [1.29, 1.82) is 0 Å². The molecule has 0 aliphatic rings. The van der Waals surface area contributed by atoms with E-state index in [9.17, 15) is 19.7 Å². The molecule has 1 heterocycles. The molecule has 2 rings (SSSR count). The van der Waals surface area contributed by atoms with E-state index in [-0.39, 0.29) is 23.7 Å². The van der Waals surface area contributed by atoms with E-state index in [0.717, 1.165) is 0 Å². The molecule has 0 unspecified atom stereocenters. The summed E-state index contributed by atoms with van der Waals surface area (Å²) in [6.45, 7) is -0.460. The molecule has 0 spiro atoms. The molecule has 0 atom stereocenters. The van der Waals surface area contributed by atoms with Crippen molar-refractivity contribution in [2.75, 3.05) is 13.7 Å². The minimum atomic E-state index is -0.762. The fourth-order valence-corrected chi connectivity index (χ4v) is 1.82. The van der Waals surface area contributed by atoms with Crippen LogP contribution in [0, 0.1) is 10.1 Å². The second-order valence-corrected chi connectivity index (χ2v) is 4.69. The van der Waals surface area contributed by atoms with E-state index >= 15 is 0 Å². The monoisotopic (exact) mass is 349 g/mol. The van der Waals surface area contributed by atoms with Crippen LogP contribution in [0.3, 0.4) is 0 Å². The molecule has 0 aliphatic heterocycles. The Labute approximate surface area is 141 Å². The number of hydrogen-bond donors (Lipinski definition) is 2. The Morgan fingerprint density at radius 1 is 1.32 bits per heavy atom. The maximum atomic E-state index is 11.7. The first-order valence-electron chi connectivity index (χ1n) is 7.05. The van der Waals surface area contributed by atoms with Gasteiger partial charge in [-0.3, -0.25) is 20.2 Å². The summed E-state index contributed by atoms with van der Waals surface area (Å²) in [6.07, 6.45) is 1.45. The second-order valence-electron chi connectivity index (χ2n) is 4.69. The number of nitrogens with one attached hydrogen (secondary N) is 2. The minimum absolute atomic E-state index is 0.108. The lowest BCUT2D eigenvalue weighted by Crippen LogP contribution is -2.41. The number of carbonyl (C=O) groups excluding carboxylic acids is 2. The molecule has 0 saturated heterocycles. The number of nitrogens with zero attached hydrogens (tertiary/aromatic N) is 1. The molecule has 2 aromatic rings. The third-order valence-corrected chi connectivity index (χ3v) is 2.98. The molecular weight excluding hydrogens is 334 g/mol. The first-order valence-corrected chi connectivity index (χ1v) is 7.05. The van der Waals surface area contributed by atoms with Crippen molar-refractivity contribution in [1.82, 2.24) is 10.6 Å². The number of rotatable bonds is 7. The van der Waals surface area contributed by atoms with E-state index in [1.165, 1.54) is 31.6 Å². The SMILES string of the molecule is COc1ccc(OCC(=O)NC(=O)NCc2ccco2)c([N+](=O)[O-])c1. The summed E-state index contributed by atoms with van der Waals surface area (Å²) in [6, 6.07) is 6.51. The van der Waals surface area contributed by atoms with Crippen LogP contribution < -0.4 is 20.1 Å². The number of nitro benzene ring substituents is 1. The zero-order valence-electron chi connectivity index (χ0n) is 13.2. The maximum absolute atomic E-state index is 11.7. The standard InChI is InChI=1S/C15H15N3O7/c1-23-10-4-5-13(12(7-10)18(21)22)25-9-14(19)17-15(20)16-8-11-3-2-6-24-11/h2-7H,8-9H2,1H3,(H2,16,17,19,20). The molecule has 0 saturated carbocycles. The predicted octanol–water partition coefficient (Wildman–Crippen LogP) is 1.60. The van der Waals surface area contributed by atoms with Crippen molar-refractivity contribution in [2.24, 2.45) is 0 Å². The van der Waals surface area contributed by atoms with Crippen molar-refractivity contribution in [2.45, 2.75) is 6.54 Å². The summed E-state index contributed by atoms with van der Waals surface area (Å²) in [5.74, 6) is -0.0764. The number of methoxy groups -OCH3 is 1. The van der Waals surface area contributed by atoms with Gasteiger partial charge in [0, 0.05) is 0 Å². The Kier molecular flexibility index (Phi) is 5.93. The number of urea groups is 1. The summed E-state index contributed by atoms with van der Waals surface area (Å²) in [4.78, 5) is 33.6. The van der Waals surface area contributed by atoms with E-state index in [4.69, 9.17) is 13.9 Å². The molecule has 1 aromatic carbocycles. The fourth-order valence-electron chi connectivity index (χ4n) is 1.82. The number of hydrogen-bond acceptors (Lipinski definition) is 7. The van der Waals surface area contributed by atoms with Crippen LogP contribution in [0.4, 0.5) is 10.5 Å². The van der Waals surface area contributed by atoms with Gasteiger partial charge >= 0.3 is 11.7 Å². The zero-order chi connectivity index (χ0) is 18.2. The van der Waals surface area contributed by atoms with E-state index in [1.54, 1.807) is 12.1 Å². The number of carbonyl (C=O) groups is 2. The number of furan rings is 1. The highest BCUT2D eigenvalue weighted by Crippen LogP contribution is 2.30. The van der Waals surface area contributed by atoms with Crippen LogP contribution in [0.15, 0.2) is 41.0 Å². The van der Waals surface area contributed by atoms with Crippen LogP contribution in [-0.2, 0) is 11.3 Å². The largest absolute Gasteiger partial charge is 0.496 e. The molecular formula is C15H15N3O7. The van der Waals surface area contributed by atoms with Gasteiger partial charge in [-0.05, 0) is 24.3 Å². The highest BCUT2D eigenvalue weighted by Gasteiger charge is 2.18. The highest BCUT2D eigenvalue weighted by atomic mass is 16.6. The first kappa shape index (κ1) is 17.8. The Bertz CT molecular complexity index is 758. The van der Waals surface area contributed by atoms with Crippen molar-refractivity contribution in [3.63, 3.8) is 0 Å². The zero-order valence-corrected chi connectivity index (χ0v) is 13.2. The number of benzene rings is 1. The van der Waals surface area contributed by atoms with Crippen LogP contribution in [0.5, 0.6) is 11.5 Å². The molecule has 132 valence electrons. The summed E-state index contributed by atoms with van der Waals surface area (Å²) >= 11 is 0. The molecule has 10 nitrogen and oxygen atoms in total. The van der Waals surface area contributed by atoms with E-state index < -0.39 is 23.5 Å². The molecule has 1 aromatic heterocycles. The number of imide groups is 1.